The maximum Gasteiger partial charge on any atom is 0.294 e. The van der Waals surface area contributed by atoms with Crippen molar-refractivity contribution in [1.82, 2.24) is 0 Å². The highest BCUT2D eigenvalue weighted by atomic mass is 16.5. The summed E-state index contributed by atoms with van der Waals surface area (Å²) in [6.07, 6.45) is 0. The lowest BCUT2D eigenvalue weighted by molar-refractivity contribution is -0.119. The van der Waals surface area contributed by atoms with Crippen molar-refractivity contribution in [1.29, 1.82) is 0 Å². The van der Waals surface area contributed by atoms with Gasteiger partial charge in [-0.05, 0) is 43.7 Å². The third-order valence-corrected chi connectivity index (χ3v) is 4.79. The van der Waals surface area contributed by atoms with Gasteiger partial charge in [-0.2, -0.15) is 0 Å². The highest BCUT2D eigenvalue weighted by molar-refractivity contribution is 6.16. The number of carbonyl (C=O) groups excluding carboxylic acids is 2. The number of amides is 1. The first-order chi connectivity index (χ1) is 13.3. The predicted octanol–water partition coefficient (Wildman–Crippen LogP) is 4.52. The van der Waals surface area contributed by atoms with Crippen molar-refractivity contribution in [2.24, 2.45) is 5.92 Å². The average Bonchev–Trinajstić information content (AvgIpc) is 2.93. The lowest BCUT2D eigenvalue weighted by Crippen LogP contribution is -2.31. The van der Waals surface area contributed by atoms with Crippen LogP contribution in [0.15, 0.2) is 59.9 Å². The Balaban J connectivity index is 2.17. The fourth-order valence-electron chi connectivity index (χ4n) is 3.40. The van der Waals surface area contributed by atoms with E-state index < -0.39 is 17.7 Å². The van der Waals surface area contributed by atoms with Gasteiger partial charge in [-0.25, -0.2) is 0 Å². The van der Waals surface area contributed by atoms with Crippen LogP contribution in [0.4, 0.5) is 5.69 Å². The van der Waals surface area contributed by atoms with Gasteiger partial charge in [0.1, 0.15) is 5.75 Å². The molecule has 1 aliphatic rings. The highest BCUT2D eigenvalue weighted by Gasteiger charge is 2.44. The van der Waals surface area contributed by atoms with Gasteiger partial charge in [0.2, 0.25) is 0 Å². The van der Waals surface area contributed by atoms with Gasteiger partial charge in [-0.1, -0.05) is 43.7 Å². The van der Waals surface area contributed by atoms with E-state index in [2.05, 4.69) is 0 Å². The quantitative estimate of drug-likeness (QED) is 0.801. The van der Waals surface area contributed by atoms with E-state index in [1.54, 1.807) is 13.8 Å². The molecule has 0 aromatic heterocycles. The Bertz CT molecular complexity index is 928. The van der Waals surface area contributed by atoms with Gasteiger partial charge in [0.05, 0.1) is 18.2 Å². The molecule has 1 unspecified atom stereocenters. The van der Waals surface area contributed by atoms with Gasteiger partial charge < -0.3 is 9.84 Å². The minimum absolute atomic E-state index is 0.134. The Morgan fingerprint density at radius 2 is 1.86 bits per heavy atom. The SMILES string of the molecule is CCOc1cccc(C2C(C(=O)C(C)C)=C(O)C(=O)N2c2ccc(C)cc2)c1. The van der Waals surface area contributed by atoms with Crippen LogP contribution in [0.3, 0.4) is 0 Å². The summed E-state index contributed by atoms with van der Waals surface area (Å²) in [7, 11) is 0. The topological polar surface area (TPSA) is 66.8 Å². The highest BCUT2D eigenvalue weighted by Crippen LogP contribution is 2.42. The van der Waals surface area contributed by atoms with Crippen molar-refractivity contribution >= 4 is 17.4 Å². The zero-order chi connectivity index (χ0) is 20.4. The van der Waals surface area contributed by atoms with Crippen molar-refractivity contribution in [2.75, 3.05) is 11.5 Å². The van der Waals surface area contributed by atoms with Crippen LogP contribution in [0.5, 0.6) is 5.75 Å². The Labute approximate surface area is 165 Å². The van der Waals surface area contributed by atoms with Crippen LogP contribution in [0.1, 0.15) is 37.9 Å². The third-order valence-electron chi connectivity index (χ3n) is 4.79. The molecule has 1 aliphatic heterocycles. The molecule has 3 rings (SSSR count). The number of nitrogens with zero attached hydrogens (tertiary/aromatic N) is 1. The lowest BCUT2D eigenvalue weighted by atomic mass is 9.91. The summed E-state index contributed by atoms with van der Waals surface area (Å²) < 4.78 is 5.59. The molecule has 5 nitrogen and oxygen atoms in total. The zero-order valence-corrected chi connectivity index (χ0v) is 16.6. The number of Topliss-reactive ketones (excluding diaryl/α,β-unsaturated/α-hetero) is 1. The van der Waals surface area contributed by atoms with Crippen LogP contribution < -0.4 is 9.64 Å². The molecule has 0 saturated carbocycles. The molecule has 28 heavy (non-hydrogen) atoms. The Kier molecular flexibility index (Phi) is 5.54. The number of aliphatic hydroxyl groups is 1. The van der Waals surface area contributed by atoms with Gasteiger partial charge in [0, 0.05) is 11.6 Å². The number of hydrogen-bond donors (Lipinski definition) is 1. The molecular weight excluding hydrogens is 354 g/mol. The summed E-state index contributed by atoms with van der Waals surface area (Å²) >= 11 is 0. The van der Waals surface area contributed by atoms with Crippen LogP contribution in [0.2, 0.25) is 0 Å². The van der Waals surface area contributed by atoms with Gasteiger partial charge in [-0.15, -0.1) is 0 Å². The molecule has 0 bridgehead atoms. The van der Waals surface area contributed by atoms with E-state index in [-0.39, 0.29) is 17.3 Å². The van der Waals surface area contributed by atoms with Crippen LogP contribution in [0.25, 0.3) is 0 Å². The normalized spacial score (nSPS) is 16.8. The molecule has 1 atom stereocenters. The summed E-state index contributed by atoms with van der Waals surface area (Å²) in [5.41, 5.74) is 2.53. The molecule has 2 aromatic carbocycles. The molecule has 0 fully saturated rings. The second-order valence-electron chi connectivity index (χ2n) is 7.20. The van der Waals surface area contributed by atoms with E-state index in [4.69, 9.17) is 4.74 Å². The van der Waals surface area contributed by atoms with E-state index in [0.717, 1.165) is 5.56 Å². The minimum Gasteiger partial charge on any atom is -0.503 e. The maximum absolute atomic E-state index is 13.0. The minimum atomic E-state index is -0.703. The summed E-state index contributed by atoms with van der Waals surface area (Å²) in [6.45, 7) is 7.88. The lowest BCUT2D eigenvalue weighted by Gasteiger charge is -2.27. The number of ketones is 1. The van der Waals surface area contributed by atoms with E-state index in [1.807, 2.05) is 62.4 Å². The monoisotopic (exact) mass is 379 g/mol. The Morgan fingerprint density at radius 3 is 2.46 bits per heavy atom. The van der Waals surface area contributed by atoms with Gasteiger partial charge in [0.25, 0.3) is 5.91 Å². The van der Waals surface area contributed by atoms with Crippen LogP contribution in [0, 0.1) is 12.8 Å². The number of hydrogen-bond acceptors (Lipinski definition) is 4. The average molecular weight is 379 g/mol. The Morgan fingerprint density at radius 1 is 1.18 bits per heavy atom. The van der Waals surface area contributed by atoms with Crippen LogP contribution >= 0.6 is 0 Å². The molecule has 0 spiro atoms. The summed E-state index contributed by atoms with van der Waals surface area (Å²) in [5.74, 6) is -0.988. The number of ether oxygens (including phenoxy) is 1. The summed E-state index contributed by atoms with van der Waals surface area (Å²) in [6, 6.07) is 14.0. The molecule has 1 amide bonds. The van der Waals surface area contributed by atoms with Crippen LogP contribution in [-0.2, 0) is 9.59 Å². The van der Waals surface area contributed by atoms with Crippen molar-refractivity contribution in [3.8, 4) is 5.75 Å². The fourth-order valence-corrected chi connectivity index (χ4v) is 3.40. The molecule has 5 heteroatoms. The number of carbonyl (C=O) groups is 2. The molecule has 0 saturated heterocycles. The van der Waals surface area contributed by atoms with Crippen molar-refractivity contribution in [2.45, 2.75) is 33.7 Å². The third kappa shape index (κ3) is 3.52. The number of aryl methyl sites for hydroxylation is 1. The fraction of sp³-hybridized carbons (Fsp3) is 0.304. The van der Waals surface area contributed by atoms with Crippen LogP contribution in [-0.4, -0.2) is 23.4 Å². The maximum atomic E-state index is 13.0. The summed E-state index contributed by atoms with van der Waals surface area (Å²) in [4.78, 5) is 27.3. The Hall–Kier alpha value is -3.08. The number of rotatable bonds is 6. The smallest absolute Gasteiger partial charge is 0.294 e. The van der Waals surface area contributed by atoms with Crippen molar-refractivity contribution in [3.63, 3.8) is 0 Å². The van der Waals surface area contributed by atoms with E-state index >= 15 is 0 Å². The van der Waals surface area contributed by atoms with E-state index in [0.29, 0.717) is 23.6 Å². The van der Waals surface area contributed by atoms with Gasteiger partial charge in [-0.3, -0.25) is 14.5 Å². The molecule has 1 heterocycles. The molecule has 1 N–H and O–H groups in total. The molecule has 2 aromatic rings. The molecule has 0 radical (unpaired) electrons. The standard InChI is InChI=1S/C23H25NO4/c1-5-28-18-8-6-7-16(13-18)20-19(21(25)14(2)3)22(26)23(27)24(20)17-11-9-15(4)10-12-17/h6-14,20,26H,5H2,1-4H3. The second-order valence-corrected chi connectivity index (χ2v) is 7.20. The predicted molar refractivity (Wildman–Crippen MR) is 109 cm³/mol. The number of anilines is 1. The first kappa shape index (κ1) is 19.7. The van der Waals surface area contributed by atoms with Crippen molar-refractivity contribution < 1.29 is 19.4 Å². The number of benzene rings is 2. The van der Waals surface area contributed by atoms with E-state index in [9.17, 15) is 14.7 Å². The summed E-state index contributed by atoms with van der Waals surface area (Å²) in [5, 5.41) is 10.6. The first-order valence-corrected chi connectivity index (χ1v) is 9.45. The molecule has 146 valence electrons. The molecular formula is C23H25NO4. The van der Waals surface area contributed by atoms with Gasteiger partial charge in [0.15, 0.2) is 11.5 Å². The van der Waals surface area contributed by atoms with Crippen molar-refractivity contribution in [3.05, 3.63) is 71.0 Å². The number of aliphatic hydroxyl groups excluding tert-OH is 1. The largest absolute Gasteiger partial charge is 0.503 e. The van der Waals surface area contributed by atoms with Gasteiger partial charge >= 0.3 is 0 Å². The first-order valence-electron chi connectivity index (χ1n) is 9.45. The molecule has 0 aliphatic carbocycles. The van der Waals surface area contributed by atoms with E-state index in [1.165, 1.54) is 4.90 Å². The second kappa shape index (κ2) is 7.89. The zero-order valence-electron chi connectivity index (χ0n) is 16.6.